The van der Waals surface area contributed by atoms with Gasteiger partial charge in [0.15, 0.2) is 0 Å². The van der Waals surface area contributed by atoms with Gasteiger partial charge in [0.25, 0.3) is 10.0 Å². The molecule has 33 heavy (non-hydrogen) atoms. The average molecular weight is 507 g/mol. The highest BCUT2D eigenvalue weighted by Gasteiger charge is 2.27. The van der Waals surface area contributed by atoms with Crippen LogP contribution in [0.1, 0.15) is 11.1 Å². The quantitative estimate of drug-likeness (QED) is 0.391. The van der Waals surface area contributed by atoms with Gasteiger partial charge in [0.1, 0.15) is 12.4 Å². The number of halogens is 2. The first kappa shape index (κ1) is 25.1. The van der Waals surface area contributed by atoms with Crippen molar-refractivity contribution in [1.29, 1.82) is 0 Å². The van der Waals surface area contributed by atoms with Gasteiger partial charge < -0.3 is 5.32 Å². The van der Waals surface area contributed by atoms with Crippen LogP contribution in [0.25, 0.3) is 0 Å². The van der Waals surface area contributed by atoms with Gasteiger partial charge in [-0.3, -0.25) is 9.10 Å². The summed E-state index contributed by atoms with van der Waals surface area (Å²) in [4.78, 5) is 12.6. The highest BCUT2D eigenvalue weighted by atomic mass is 35.5. The van der Waals surface area contributed by atoms with Crippen LogP contribution in [0, 0.1) is 12.7 Å². The summed E-state index contributed by atoms with van der Waals surface area (Å²) in [7, 11) is -4.02. The molecule has 0 atom stereocenters. The monoisotopic (exact) mass is 506 g/mol. The Morgan fingerprint density at radius 3 is 2.42 bits per heavy atom. The Morgan fingerprint density at radius 2 is 1.76 bits per heavy atom. The second kappa shape index (κ2) is 11.5. The van der Waals surface area contributed by atoms with E-state index in [9.17, 15) is 17.6 Å². The highest BCUT2D eigenvalue weighted by Crippen LogP contribution is 2.24. The van der Waals surface area contributed by atoms with Crippen molar-refractivity contribution in [2.24, 2.45) is 0 Å². The van der Waals surface area contributed by atoms with Crippen LogP contribution in [0.2, 0.25) is 5.02 Å². The fourth-order valence-electron chi connectivity index (χ4n) is 3.03. The molecule has 0 heterocycles. The van der Waals surface area contributed by atoms with E-state index in [1.165, 1.54) is 24.3 Å². The number of amides is 1. The third-order valence-electron chi connectivity index (χ3n) is 4.74. The molecule has 0 unspecified atom stereocenters. The van der Waals surface area contributed by atoms with Crippen molar-refractivity contribution in [3.05, 3.63) is 94.8 Å². The maximum Gasteiger partial charge on any atom is 0.264 e. The van der Waals surface area contributed by atoms with Gasteiger partial charge in [-0.25, -0.2) is 12.8 Å². The Labute approximate surface area is 203 Å². The Balaban J connectivity index is 1.64. The first-order valence-corrected chi connectivity index (χ1v) is 13.2. The SMILES string of the molecule is Cc1ccc(S(=O)(=O)N(CC(=O)NCCSCc2cccc(Cl)c2)c2ccc(F)cc2)cc1. The summed E-state index contributed by atoms with van der Waals surface area (Å²) in [5.74, 6) is 0.463. The molecule has 0 bridgehead atoms. The van der Waals surface area contributed by atoms with Gasteiger partial charge in [-0.05, 0) is 61.0 Å². The first-order valence-electron chi connectivity index (χ1n) is 10.2. The van der Waals surface area contributed by atoms with Crippen LogP contribution in [-0.4, -0.2) is 33.2 Å². The first-order chi connectivity index (χ1) is 15.8. The van der Waals surface area contributed by atoms with Gasteiger partial charge in [-0.2, -0.15) is 11.8 Å². The summed E-state index contributed by atoms with van der Waals surface area (Å²) in [5, 5.41) is 3.44. The molecule has 0 saturated heterocycles. The normalized spacial score (nSPS) is 11.2. The molecule has 3 aromatic rings. The summed E-state index contributed by atoms with van der Waals surface area (Å²) in [6, 6.07) is 18.9. The molecule has 1 amide bonds. The van der Waals surface area contributed by atoms with E-state index in [0.29, 0.717) is 17.3 Å². The number of sulfonamides is 1. The molecule has 174 valence electrons. The van der Waals surface area contributed by atoms with Crippen LogP contribution in [0.4, 0.5) is 10.1 Å². The van der Waals surface area contributed by atoms with E-state index >= 15 is 0 Å². The molecule has 0 spiro atoms. The molecule has 0 aromatic heterocycles. The lowest BCUT2D eigenvalue weighted by atomic mass is 10.2. The summed E-state index contributed by atoms with van der Waals surface area (Å²) in [6.45, 7) is 1.82. The van der Waals surface area contributed by atoms with Crippen LogP contribution in [-0.2, 0) is 20.6 Å². The molecule has 1 N–H and O–H groups in total. The number of benzene rings is 3. The maximum absolute atomic E-state index is 13.4. The summed E-state index contributed by atoms with van der Waals surface area (Å²) in [5.41, 5.74) is 2.21. The fourth-order valence-corrected chi connectivity index (χ4v) is 5.47. The topological polar surface area (TPSA) is 66.5 Å². The molecular weight excluding hydrogens is 483 g/mol. The molecule has 5 nitrogen and oxygen atoms in total. The third kappa shape index (κ3) is 7.22. The number of nitrogens with one attached hydrogen (secondary N) is 1. The predicted octanol–water partition coefficient (Wildman–Crippen LogP) is 5.03. The Bertz CT molecular complexity index is 1190. The van der Waals surface area contributed by atoms with E-state index in [0.717, 1.165) is 33.3 Å². The smallest absolute Gasteiger partial charge is 0.264 e. The number of hydrogen-bond donors (Lipinski definition) is 1. The van der Waals surface area contributed by atoms with Gasteiger partial charge in [-0.1, -0.05) is 41.4 Å². The van der Waals surface area contributed by atoms with E-state index in [4.69, 9.17) is 11.6 Å². The van der Waals surface area contributed by atoms with Gasteiger partial charge in [0, 0.05) is 23.1 Å². The largest absolute Gasteiger partial charge is 0.354 e. The second-order valence-corrected chi connectivity index (χ2v) is 10.7. The molecule has 3 rings (SSSR count). The van der Waals surface area contributed by atoms with E-state index in [-0.39, 0.29) is 10.6 Å². The Hall–Kier alpha value is -2.55. The molecule has 0 aliphatic heterocycles. The molecule has 0 radical (unpaired) electrons. The number of nitrogens with zero attached hydrogens (tertiary/aromatic N) is 1. The molecule has 0 aliphatic carbocycles. The maximum atomic E-state index is 13.4. The lowest BCUT2D eigenvalue weighted by molar-refractivity contribution is -0.119. The zero-order valence-corrected chi connectivity index (χ0v) is 20.4. The van der Waals surface area contributed by atoms with Crippen LogP contribution in [0.5, 0.6) is 0 Å². The number of rotatable bonds is 10. The molecular formula is C24H24ClFN2O3S2. The molecule has 0 saturated carbocycles. The van der Waals surface area contributed by atoms with Crippen LogP contribution in [0.15, 0.2) is 77.7 Å². The van der Waals surface area contributed by atoms with Crippen molar-refractivity contribution >= 4 is 45.0 Å². The van der Waals surface area contributed by atoms with E-state index in [2.05, 4.69) is 5.32 Å². The highest BCUT2D eigenvalue weighted by molar-refractivity contribution is 7.98. The standard InChI is InChI=1S/C24H24ClFN2O3S2/c1-18-5-11-23(12-6-18)33(30,31)28(22-9-7-21(26)8-10-22)16-24(29)27-13-14-32-17-19-3-2-4-20(25)15-19/h2-12,15H,13-14,16-17H2,1H3,(H,27,29). The Kier molecular flexibility index (Phi) is 8.77. The van der Waals surface area contributed by atoms with Gasteiger partial charge in [-0.15, -0.1) is 0 Å². The number of aryl methyl sites for hydroxylation is 1. The number of carbonyl (C=O) groups is 1. The Morgan fingerprint density at radius 1 is 1.06 bits per heavy atom. The average Bonchev–Trinajstić information content (AvgIpc) is 2.78. The summed E-state index contributed by atoms with van der Waals surface area (Å²) < 4.78 is 40.9. The molecule has 3 aromatic carbocycles. The van der Waals surface area contributed by atoms with Crippen LogP contribution < -0.4 is 9.62 Å². The van der Waals surface area contributed by atoms with Gasteiger partial charge >= 0.3 is 0 Å². The summed E-state index contributed by atoms with van der Waals surface area (Å²) in [6.07, 6.45) is 0. The second-order valence-electron chi connectivity index (χ2n) is 7.33. The van der Waals surface area contributed by atoms with Gasteiger partial charge in [0.05, 0.1) is 10.6 Å². The minimum absolute atomic E-state index is 0.0577. The number of hydrogen-bond acceptors (Lipinski definition) is 4. The van der Waals surface area contributed by atoms with Crippen molar-refractivity contribution in [3.63, 3.8) is 0 Å². The zero-order chi connectivity index (χ0) is 23.8. The van der Waals surface area contributed by atoms with E-state index < -0.39 is 28.3 Å². The molecule has 0 fully saturated rings. The number of anilines is 1. The molecule has 9 heteroatoms. The van der Waals surface area contributed by atoms with Crippen molar-refractivity contribution < 1.29 is 17.6 Å². The minimum Gasteiger partial charge on any atom is -0.354 e. The van der Waals surface area contributed by atoms with Crippen LogP contribution in [0.3, 0.4) is 0 Å². The van der Waals surface area contributed by atoms with E-state index in [1.807, 2.05) is 31.2 Å². The van der Waals surface area contributed by atoms with Crippen molar-refractivity contribution in [2.75, 3.05) is 23.1 Å². The number of carbonyl (C=O) groups excluding carboxylic acids is 1. The van der Waals surface area contributed by atoms with Crippen molar-refractivity contribution in [3.8, 4) is 0 Å². The van der Waals surface area contributed by atoms with Crippen molar-refractivity contribution in [1.82, 2.24) is 5.32 Å². The fraction of sp³-hybridized carbons (Fsp3) is 0.208. The zero-order valence-electron chi connectivity index (χ0n) is 18.0. The summed E-state index contributed by atoms with van der Waals surface area (Å²) >= 11 is 7.61. The molecule has 0 aliphatic rings. The minimum atomic E-state index is -4.02. The van der Waals surface area contributed by atoms with Crippen molar-refractivity contribution in [2.45, 2.75) is 17.6 Å². The lowest BCUT2D eigenvalue weighted by Crippen LogP contribution is -2.41. The van der Waals surface area contributed by atoms with Crippen LogP contribution >= 0.6 is 23.4 Å². The predicted molar refractivity (Wildman–Crippen MR) is 133 cm³/mol. The lowest BCUT2D eigenvalue weighted by Gasteiger charge is -2.24. The van der Waals surface area contributed by atoms with E-state index in [1.54, 1.807) is 23.9 Å². The number of thioether (sulfide) groups is 1. The van der Waals surface area contributed by atoms with Gasteiger partial charge in [0.2, 0.25) is 5.91 Å². The third-order valence-corrected chi connectivity index (χ3v) is 7.79.